The average molecular weight is 301 g/mol. The second-order valence-corrected chi connectivity index (χ2v) is 6.16. The van der Waals surface area contributed by atoms with Crippen LogP contribution in [0.4, 0.5) is 5.69 Å². The quantitative estimate of drug-likeness (QED) is 0.790. The van der Waals surface area contributed by atoms with E-state index in [1.54, 1.807) is 30.0 Å². The molecule has 0 heterocycles. The van der Waals surface area contributed by atoms with E-state index < -0.39 is 0 Å². The molecule has 0 aromatic heterocycles. The number of nitrogens with two attached hydrogens (primary N) is 1. The average Bonchev–Trinajstić information content (AvgIpc) is 2.44. The minimum absolute atomic E-state index is 0.0863. The fourth-order valence-electron chi connectivity index (χ4n) is 1.93. The number of hydrogen-bond donors (Lipinski definition) is 2. The zero-order chi connectivity index (χ0) is 14.5. The fraction of sp³-hybridized carbons (Fsp3) is 0.500. The van der Waals surface area contributed by atoms with Gasteiger partial charge < -0.3 is 11.1 Å². The van der Waals surface area contributed by atoms with Gasteiger partial charge in [-0.05, 0) is 31.2 Å². The van der Waals surface area contributed by atoms with Gasteiger partial charge in [0.15, 0.2) is 0 Å². The first-order chi connectivity index (χ1) is 8.99. The number of nitrogens with one attached hydrogen (secondary N) is 1. The van der Waals surface area contributed by atoms with Crippen molar-refractivity contribution in [3.8, 4) is 0 Å². The van der Waals surface area contributed by atoms with Crippen LogP contribution in [-0.2, 0) is 0 Å². The molecule has 19 heavy (non-hydrogen) atoms. The van der Waals surface area contributed by atoms with E-state index in [4.69, 9.17) is 17.3 Å². The van der Waals surface area contributed by atoms with Crippen molar-refractivity contribution in [1.29, 1.82) is 0 Å². The van der Waals surface area contributed by atoms with E-state index in [9.17, 15) is 4.79 Å². The molecule has 0 aliphatic heterocycles. The molecule has 3 N–H and O–H groups in total. The highest BCUT2D eigenvalue weighted by Gasteiger charge is 2.26. The fourth-order valence-corrected chi connectivity index (χ4v) is 2.90. The van der Waals surface area contributed by atoms with Gasteiger partial charge in [-0.2, -0.15) is 11.8 Å². The van der Waals surface area contributed by atoms with E-state index in [0.717, 1.165) is 12.8 Å². The Morgan fingerprint density at radius 1 is 1.42 bits per heavy atom. The topological polar surface area (TPSA) is 55.1 Å². The summed E-state index contributed by atoms with van der Waals surface area (Å²) in [5.74, 6) is -0.166. The molecule has 0 atom stereocenters. The van der Waals surface area contributed by atoms with Crippen LogP contribution >= 0.6 is 23.4 Å². The number of amides is 1. The van der Waals surface area contributed by atoms with Crippen molar-refractivity contribution >= 4 is 35.0 Å². The summed E-state index contributed by atoms with van der Waals surface area (Å²) < 4.78 is 0.0863. The second-order valence-electron chi connectivity index (χ2n) is 4.48. The summed E-state index contributed by atoms with van der Waals surface area (Å²) in [5.41, 5.74) is 6.60. The third-order valence-electron chi connectivity index (χ3n) is 3.59. The molecular formula is C14H21ClN2OS. The number of para-hydroxylation sites is 1. The van der Waals surface area contributed by atoms with Crippen LogP contribution in [-0.4, -0.2) is 23.5 Å². The molecule has 0 saturated carbocycles. The summed E-state index contributed by atoms with van der Waals surface area (Å²) in [5, 5.41) is 3.37. The summed E-state index contributed by atoms with van der Waals surface area (Å²) in [6, 6.07) is 5.10. The van der Waals surface area contributed by atoms with Crippen LogP contribution in [0.25, 0.3) is 0 Å². The summed E-state index contributed by atoms with van der Waals surface area (Å²) in [6.07, 6.45) is 4.10. The molecule has 106 valence electrons. The molecule has 0 spiro atoms. The van der Waals surface area contributed by atoms with Gasteiger partial charge in [-0.15, -0.1) is 0 Å². The largest absolute Gasteiger partial charge is 0.397 e. The summed E-state index contributed by atoms with van der Waals surface area (Å²) in [6.45, 7) is 4.91. The standard InChI is InChI=1S/C14H21ClN2OS/c1-4-14(5-2,19-3)9-17-13(18)10-7-6-8-11(15)12(10)16/h6-8H,4-5,9,16H2,1-3H3,(H,17,18). The molecule has 1 aromatic rings. The number of rotatable bonds is 6. The van der Waals surface area contributed by atoms with Crippen LogP contribution in [0.1, 0.15) is 37.0 Å². The van der Waals surface area contributed by atoms with Gasteiger partial charge >= 0.3 is 0 Å². The van der Waals surface area contributed by atoms with Crippen molar-refractivity contribution in [2.75, 3.05) is 18.5 Å². The predicted molar refractivity (Wildman–Crippen MR) is 85.0 cm³/mol. The summed E-state index contributed by atoms with van der Waals surface area (Å²) in [7, 11) is 0. The van der Waals surface area contributed by atoms with Crippen molar-refractivity contribution < 1.29 is 4.79 Å². The smallest absolute Gasteiger partial charge is 0.253 e. The maximum absolute atomic E-state index is 12.2. The normalized spacial score (nSPS) is 11.4. The van der Waals surface area contributed by atoms with E-state index in [1.807, 2.05) is 0 Å². The van der Waals surface area contributed by atoms with Gasteiger partial charge in [-0.3, -0.25) is 4.79 Å². The molecule has 5 heteroatoms. The van der Waals surface area contributed by atoms with Crippen LogP contribution in [0.2, 0.25) is 5.02 Å². The number of benzene rings is 1. The highest BCUT2D eigenvalue weighted by atomic mass is 35.5. The number of carbonyl (C=O) groups excluding carboxylic acids is 1. The third-order valence-corrected chi connectivity index (χ3v) is 5.51. The molecule has 0 aliphatic carbocycles. The SMILES string of the molecule is CCC(CC)(CNC(=O)c1cccc(Cl)c1N)SC. The van der Waals surface area contributed by atoms with Gasteiger partial charge in [0.2, 0.25) is 0 Å². The van der Waals surface area contributed by atoms with Crippen LogP contribution in [0.15, 0.2) is 18.2 Å². The lowest BCUT2D eigenvalue weighted by Crippen LogP contribution is -2.39. The lowest BCUT2D eigenvalue weighted by Gasteiger charge is -2.29. The van der Waals surface area contributed by atoms with Crippen molar-refractivity contribution in [2.45, 2.75) is 31.4 Å². The lowest BCUT2D eigenvalue weighted by atomic mass is 10.0. The maximum atomic E-state index is 12.2. The van der Waals surface area contributed by atoms with Crippen molar-refractivity contribution in [3.63, 3.8) is 0 Å². The van der Waals surface area contributed by atoms with Gasteiger partial charge in [0.25, 0.3) is 5.91 Å². The number of thioether (sulfide) groups is 1. The van der Waals surface area contributed by atoms with Crippen LogP contribution in [0, 0.1) is 0 Å². The van der Waals surface area contributed by atoms with Gasteiger partial charge in [0, 0.05) is 11.3 Å². The lowest BCUT2D eigenvalue weighted by molar-refractivity contribution is 0.0950. The van der Waals surface area contributed by atoms with E-state index >= 15 is 0 Å². The molecule has 1 amide bonds. The molecule has 3 nitrogen and oxygen atoms in total. The Balaban J connectivity index is 2.78. The molecule has 0 unspecified atom stereocenters. The first kappa shape index (κ1) is 16.2. The zero-order valence-corrected chi connectivity index (χ0v) is 13.2. The Labute approximate surface area is 124 Å². The Morgan fingerprint density at radius 3 is 2.58 bits per heavy atom. The van der Waals surface area contributed by atoms with E-state index in [-0.39, 0.29) is 10.7 Å². The van der Waals surface area contributed by atoms with Crippen LogP contribution < -0.4 is 11.1 Å². The molecule has 0 radical (unpaired) electrons. The number of anilines is 1. The molecule has 0 aliphatic rings. The Bertz CT molecular complexity index is 439. The van der Waals surface area contributed by atoms with Crippen molar-refractivity contribution in [1.82, 2.24) is 5.32 Å². The third kappa shape index (κ3) is 3.80. The number of hydrogen-bond acceptors (Lipinski definition) is 3. The number of nitrogen functional groups attached to an aromatic ring is 1. The minimum atomic E-state index is -0.166. The van der Waals surface area contributed by atoms with Gasteiger partial charge in [-0.25, -0.2) is 0 Å². The monoisotopic (exact) mass is 300 g/mol. The predicted octanol–water partition coefficient (Wildman–Crippen LogP) is 3.57. The molecular weight excluding hydrogens is 280 g/mol. The van der Waals surface area contributed by atoms with Crippen LogP contribution in [0.5, 0.6) is 0 Å². The minimum Gasteiger partial charge on any atom is -0.397 e. The number of carbonyl (C=O) groups is 1. The second kappa shape index (κ2) is 7.06. The van der Waals surface area contributed by atoms with Crippen molar-refractivity contribution in [2.24, 2.45) is 0 Å². The Hall–Kier alpha value is -0.870. The number of halogens is 1. The van der Waals surface area contributed by atoms with Gasteiger partial charge in [0.1, 0.15) is 0 Å². The summed E-state index contributed by atoms with van der Waals surface area (Å²) >= 11 is 7.71. The summed E-state index contributed by atoms with van der Waals surface area (Å²) in [4.78, 5) is 12.2. The molecule has 1 rings (SSSR count). The van der Waals surface area contributed by atoms with Gasteiger partial charge in [-0.1, -0.05) is 31.5 Å². The van der Waals surface area contributed by atoms with E-state index in [0.29, 0.717) is 22.8 Å². The first-order valence-corrected chi connectivity index (χ1v) is 7.97. The maximum Gasteiger partial charge on any atom is 0.253 e. The molecule has 1 aromatic carbocycles. The highest BCUT2D eigenvalue weighted by Crippen LogP contribution is 2.30. The Morgan fingerprint density at radius 2 is 2.05 bits per heavy atom. The Kier molecular flexibility index (Phi) is 6.01. The van der Waals surface area contributed by atoms with E-state index in [1.165, 1.54) is 0 Å². The molecule has 0 saturated heterocycles. The zero-order valence-electron chi connectivity index (χ0n) is 11.6. The highest BCUT2D eigenvalue weighted by molar-refractivity contribution is 8.00. The van der Waals surface area contributed by atoms with Crippen LogP contribution in [0.3, 0.4) is 0 Å². The van der Waals surface area contributed by atoms with Crippen molar-refractivity contribution in [3.05, 3.63) is 28.8 Å². The van der Waals surface area contributed by atoms with E-state index in [2.05, 4.69) is 25.4 Å². The molecule has 0 fully saturated rings. The first-order valence-electron chi connectivity index (χ1n) is 6.37. The molecule has 0 bridgehead atoms. The van der Waals surface area contributed by atoms with Gasteiger partial charge in [0.05, 0.1) is 16.3 Å².